The molecule has 1 unspecified atom stereocenters. The van der Waals surface area contributed by atoms with Crippen molar-refractivity contribution in [1.29, 1.82) is 0 Å². The number of hydrogen-bond acceptors (Lipinski definition) is 3. The van der Waals surface area contributed by atoms with Gasteiger partial charge in [0, 0.05) is 0 Å². The first-order chi connectivity index (χ1) is 8.77. The second-order valence-corrected chi connectivity index (χ2v) is 5.88. The fourth-order valence-corrected chi connectivity index (χ4v) is 3.13. The minimum absolute atomic E-state index is 0.187. The van der Waals surface area contributed by atoms with Crippen LogP contribution in [0.4, 0.5) is 0 Å². The predicted molar refractivity (Wildman–Crippen MR) is 70.4 cm³/mol. The molecule has 0 aromatic heterocycles. The summed E-state index contributed by atoms with van der Waals surface area (Å²) in [4.78, 5) is 11.4. The maximum absolute atomic E-state index is 11.4. The smallest absolute Gasteiger partial charge is 0.340 e. The van der Waals surface area contributed by atoms with E-state index in [2.05, 4.69) is 0 Å². The fraction of sp³-hybridized carbons (Fsp3) is 0.933. The molecule has 18 heavy (non-hydrogen) atoms. The Hall–Kier alpha value is -0.570. The molecule has 0 spiro atoms. The first kappa shape index (κ1) is 13.9. The van der Waals surface area contributed by atoms with Crippen LogP contribution in [0.3, 0.4) is 0 Å². The lowest BCUT2D eigenvalue weighted by atomic mass is 9.97. The maximum Gasteiger partial charge on any atom is 0.340 e. The van der Waals surface area contributed by atoms with Gasteiger partial charge in [0.1, 0.15) is 0 Å². The molecule has 1 aliphatic carbocycles. The van der Waals surface area contributed by atoms with Crippen LogP contribution < -0.4 is 0 Å². The summed E-state index contributed by atoms with van der Waals surface area (Å²) in [5, 5.41) is 0. The van der Waals surface area contributed by atoms with E-state index in [-0.39, 0.29) is 5.97 Å². The van der Waals surface area contributed by atoms with Gasteiger partial charge in [0.15, 0.2) is 5.60 Å². The second-order valence-electron chi connectivity index (χ2n) is 5.88. The minimum Gasteiger partial charge on any atom is -0.467 e. The van der Waals surface area contributed by atoms with Gasteiger partial charge in [-0.25, -0.2) is 4.79 Å². The molecule has 0 N–H and O–H groups in total. The highest BCUT2D eigenvalue weighted by Crippen LogP contribution is 2.34. The van der Waals surface area contributed by atoms with E-state index in [9.17, 15) is 4.79 Å². The summed E-state index contributed by atoms with van der Waals surface area (Å²) in [6.07, 6.45) is 13.0. The third kappa shape index (κ3) is 3.71. The summed E-state index contributed by atoms with van der Waals surface area (Å²) < 4.78 is 10.0. The zero-order valence-electron chi connectivity index (χ0n) is 11.6. The highest BCUT2D eigenvalue weighted by Gasteiger charge is 2.52. The van der Waals surface area contributed by atoms with Crippen LogP contribution in [-0.2, 0) is 14.3 Å². The van der Waals surface area contributed by atoms with Crippen LogP contribution in [0.2, 0.25) is 0 Å². The number of esters is 1. The molecule has 1 saturated carbocycles. The molecule has 0 aromatic carbocycles. The molecular formula is C15H26O3. The standard InChI is InChI=1S/C15H26O3/c1-17-14(16)15(12-18-15)11-7-3-2-4-8-13-9-5-6-10-13/h13H,2-12H2,1H3. The Balaban J connectivity index is 1.47. The first-order valence-electron chi connectivity index (χ1n) is 7.49. The Bertz CT molecular complexity index is 265. The molecule has 1 atom stereocenters. The van der Waals surface area contributed by atoms with Crippen LogP contribution in [0.5, 0.6) is 0 Å². The second kappa shape index (κ2) is 6.55. The third-order valence-electron chi connectivity index (χ3n) is 4.47. The normalized spacial score (nSPS) is 27.4. The van der Waals surface area contributed by atoms with Gasteiger partial charge in [-0.15, -0.1) is 0 Å². The quantitative estimate of drug-likeness (QED) is 0.378. The zero-order chi connectivity index (χ0) is 12.8. The summed E-state index contributed by atoms with van der Waals surface area (Å²) in [5.41, 5.74) is -0.555. The van der Waals surface area contributed by atoms with Gasteiger partial charge in [-0.05, 0) is 18.8 Å². The van der Waals surface area contributed by atoms with Gasteiger partial charge in [0.05, 0.1) is 13.7 Å². The Morgan fingerprint density at radius 2 is 1.89 bits per heavy atom. The number of unbranched alkanes of at least 4 members (excludes halogenated alkanes) is 3. The summed E-state index contributed by atoms with van der Waals surface area (Å²) >= 11 is 0. The molecule has 1 saturated heterocycles. The van der Waals surface area contributed by atoms with Crippen LogP contribution in [0.15, 0.2) is 0 Å². The number of carbonyl (C=O) groups is 1. The lowest BCUT2D eigenvalue weighted by Crippen LogP contribution is -2.25. The van der Waals surface area contributed by atoms with Crippen LogP contribution >= 0.6 is 0 Å². The van der Waals surface area contributed by atoms with Crippen molar-refractivity contribution in [2.45, 2.75) is 69.8 Å². The van der Waals surface area contributed by atoms with E-state index in [1.165, 1.54) is 58.5 Å². The van der Waals surface area contributed by atoms with Crippen molar-refractivity contribution >= 4 is 5.97 Å². The van der Waals surface area contributed by atoms with Crippen molar-refractivity contribution in [3.8, 4) is 0 Å². The van der Waals surface area contributed by atoms with Gasteiger partial charge in [0.2, 0.25) is 0 Å². The largest absolute Gasteiger partial charge is 0.467 e. The molecule has 104 valence electrons. The van der Waals surface area contributed by atoms with E-state index in [1.54, 1.807) is 0 Å². The molecule has 1 heterocycles. The molecule has 0 amide bonds. The summed E-state index contributed by atoms with van der Waals surface area (Å²) in [6, 6.07) is 0. The topological polar surface area (TPSA) is 38.8 Å². The molecule has 2 aliphatic rings. The Morgan fingerprint density at radius 3 is 2.50 bits per heavy atom. The van der Waals surface area contributed by atoms with E-state index < -0.39 is 5.60 Å². The molecule has 3 nitrogen and oxygen atoms in total. The van der Waals surface area contributed by atoms with Crippen molar-refractivity contribution in [2.24, 2.45) is 5.92 Å². The van der Waals surface area contributed by atoms with Crippen LogP contribution in [0.1, 0.15) is 64.2 Å². The van der Waals surface area contributed by atoms with Crippen molar-refractivity contribution in [3.05, 3.63) is 0 Å². The van der Waals surface area contributed by atoms with Gasteiger partial charge < -0.3 is 9.47 Å². The number of carbonyl (C=O) groups excluding carboxylic acids is 1. The molecule has 0 aromatic rings. The Labute approximate surface area is 110 Å². The number of methoxy groups -OCH3 is 1. The zero-order valence-corrected chi connectivity index (χ0v) is 11.6. The monoisotopic (exact) mass is 254 g/mol. The van der Waals surface area contributed by atoms with E-state index in [1.807, 2.05) is 0 Å². The Morgan fingerprint density at radius 1 is 1.22 bits per heavy atom. The molecule has 2 rings (SSSR count). The van der Waals surface area contributed by atoms with Gasteiger partial charge in [-0.3, -0.25) is 0 Å². The van der Waals surface area contributed by atoms with E-state index in [4.69, 9.17) is 9.47 Å². The van der Waals surface area contributed by atoms with Crippen LogP contribution in [-0.4, -0.2) is 25.3 Å². The highest BCUT2D eigenvalue weighted by molar-refractivity contribution is 5.82. The summed E-state index contributed by atoms with van der Waals surface area (Å²) in [5.74, 6) is 0.826. The number of ether oxygens (including phenoxy) is 2. The average Bonchev–Trinajstić information content (AvgIpc) is 3.00. The highest BCUT2D eigenvalue weighted by atomic mass is 16.6. The van der Waals surface area contributed by atoms with Crippen LogP contribution in [0, 0.1) is 5.92 Å². The van der Waals surface area contributed by atoms with Crippen molar-refractivity contribution in [3.63, 3.8) is 0 Å². The fourth-order valence-electron chi connectivity index (χ4n) is 3.13. The van der Waals surface area contributed by atoms with Crippen molar-refractivity contribution in [1.82, 2.24) is 0 Å². The predicted octanol–water partition coefficient (Wildman–Crippen LogP) is 3.46. The lowest BCUT2D eigenvalue weighted by Gasteiger charge is -2.10. The molecule has 3 heteroatoms. The molecule has 1 aliphatic heterocycles. The molecule has 0 radical (unpaired) electrons. The van der Waals surface area contributed by atoms with E-state index >= 15 is 0 Å². The van der Waals surface area contributed by atoms with Crippen molar-refractivity contribution < 1.29 is 14.3 Å². The number of epoxide rings is 1. The van der Waals surface area contributed by atoms with Gasteiger partial charge in [-0.2, -0.15) is 0 Å². The average molecular weight is 254 g/mol. The van der Waals surface area contributed by atoms with Crippen molar-refractivity contribution in [2.75, 3.05) is 13.7 Å². The third-order valence-corrected chi connectivity index (χ3v) is 4.47. The van der Waals surface area contributed by atoms with Crippen LogP contribution in [0.25, 0.3) is 0 Å². The molecule has 0 bridgehead atoms. The van der Waals surface area contributed by atoms with Gasteiger partial charge in [0.25, 0.3) is 0 Å². The number of hydrogen-bond donors (Lipinski definition) is 0. The summed E-state index contributed by atoms with van der Waals surface area (Å²) in [6.45, 7) is 0.557. The first-order valence-corrected chi connectivity index (χ1v) is 7.49. The lowest BCUT2D eigenvalue weighted by molar-refractivity contribution is -0.147. The van der Waals surface area contributed by atoms with E-state index in [0.29, 0.717) is 6.61 Å². The van der Waals surface area contributed by atoms with Gasteiger partial charge in [-0.1, -0.05) is 51.4 Å². The van der Waals surface area contributed by atoms with Gasteiger partial charge >= 0.3 is 5.97 Å². The SMILES string of the molecule is COC(=O)C1(CCCCCCC2CCCC2)CO1. The molecular weight excluding hydrogens is 228 g/mol. The molecule has 2 fully saturated rings. The van der Waals surface area contributed by atoms with E-state index in [0.717, 1.165) is 18.8 Å². The minimum atomic E-state index is -0.555. The summed E-state index contributed by atoms with van der Waals surface area (Å²) in [7, 11) is 1.44. The maximum atomic E-state index is 11.4. The number of rotatable bonds is 8. The Kier molecular flexibility index (Phi) is 5.04.